The number of amides is 2. The van der Waals surface area contributed by atoms with Crippen molar-refractivity contribution in [3.63, 3.8) is 0 Å². The minimum Gasteiger partial charge on any atom is -0.480 e. The summed E-state index contributed by atoms with van der Waals surface area (Å²) < 4.78 is 15.4. The number of carboxylic acids is 1. The summed E-state index contributed by atoms with van der Waals surface area (Å²) in [6, 6.07) is 14.6. The van der Waals surface area contributed by atoms with Gasteiger partial charge in [-0.05, 0) is 29.2 Å². The minimum absolute atomic E-state index is 0.0754. The van der Waals surface area contributed by atoms with Crippen LogP contribution in [0.25, 0.3) is 11.1 Å². The van der Waals surface area contributed by atoms with Crippen molar-refractivity contribution >= 4 is 18.0 Å². The molecular weight excluding hydrogens is 428 g/mol. The summed E-state index contributed by atoms with van der Waals surface area (Å²) in [5, 5.41) is 14.1. The quantitative estimate of drug-likeness (QED) is 0.501. The van der Waals surface area contributed by atoms with Crippen LogP contribution in [-0.4, -0.2) is 68.7 Å². The third-order valence-electron chi connectivity index (χ3n) is 5.59. The molecular formula is C24H28N2O7. The second-order valence-corrected chi connectivity index (χ2v) is 8.04. The molecule has 3 rings (SSSR count). The van der Waals surface area contributed by atoms with Gasteiger partial charge in [-0.1, -0.05) is 48.5 Å². The Labute approximate surface area is 192 Å². The fourth-order valence-electron chi connectivity index (χ4n) is 3.97. The van der Waals surface area contributed by atoms with Gasteiger partial charge in [0.1, 0.15) is 12.1 Å². The second kappa shape index (κ2) is 10.5. The number of hydrogen-bond acceptors (Lipinski definition) is 6. The lowest BCUT2D eigenvalue weighted by Crippen LogP contribution is -2.62. The normalized spacial score (nSPS) is 15.0. The Hall–Kier alpha value is -3.43. The average Bonchev–Trinajstić information content (AvgIpc) is 3.11. The molecule has 33 heavy (non-hydrogen) atoms. The number of carbonyl (C=O) groups is 3. The highest BCUT2D eigenvalue weighted by Crippen LogP contribution is 2.44. The number of alkyl carbamates (subject to hydrolysis) is 1. The lowest BCUT2D eigenvalue weighted by Gasteiger charge is -2.30. The highest BCUT2D eigenvalue weighted by Gasteiger charge is 2.38. The summed E-state index contributed by atoms with van der Waals surface area (Å²) in [5.74, 6) is -2.13. The number of fused-ring (bicyclic) bond motifs is 3. The van der Waals surface area contributed by atoms with E-state index in [0.717, 1.165) is 22.3 Å². The minimum atomic E-state index is -1.56. The maximum atomic E-state index is 12.8. The molecule has 3 N–H and O–H groups in total. The van der Waals surface area contributed by atoms with Crippen molar-refractivity contribution in [3.8, 4) is 11.1 Å². The van der Waals surface area contributed by atoms with Gasteiger partial charge in [0.2, 0.25) is 5.91 Å². The van der Waals surface area contributed by atoms with Gasteiger partial charge in [0.25, 0.3) is 0 Å². The van der Waals surface area contributed by atoms with E-state index >= 15 is 0 Å². The number of rotatable bonds is 10. The smallest absolute Gasteiger partial charge is 0.408 e. The molecule has 2 aromatic carbocycles. The Morgan fingerprint density at radius 2 is 1.58 bits per heavy atom. The molecule has 0 radical (unpaired) electrons. The lowest BCUT2D eigenvalue weighted by atomic mass is 9.98. The first-order chi connectivity index (χ1) is 15.8. The van der Waals surface area contributed by atoms with Gasteiger partial charge in [-0.2, -0.15) is 0 Å². The van der Waals surface area contributed by atoms with Gasteiger partial charge in [0.15, 0.2) is 6.04 Å². The van der Waals surface area contributed by atoms with E-state index in [1.54, 1.807) is 0 Å². The van der Waals surface area contributed by atoms with Gasteiger partial charge in [0.05, 0.1) is 13.2 Å². The molecule has 2 atom stereocenters. The first kappa shape index (κ1) is 24.2. The van der Waals surface area contributed by atoms with E-state index in [-0.39, 0.29) is 25.7 Å². The number of nitrogens with one attached hydrogen (secondary N) is 2. The zero-order valence-corrected chi connectivity index (χ0v) is 18.8. The maximum Gasteiger partial charge on any atom is 0.408 e. The van der Waals surface area contributed by atoms with Gasteiger partial charge in [-0.3, -0.25) is 4.79 Å². The molecule has 0 saturated carbocycles. The average molecular weight is 456 g/mol. The number of methoxy groups -OCH3 is 2. The van der Waals surface area contributed by atoms with Crippen molar-refractivity contribution in [3.05, 3.63) is 59.7 Å². The van der Waals surface area contributed by atoms with Gasteiger partial charge >= 0.3 is 12.1 Å². The Morgan fingerprint density at radius 3 is 2.09 bits per heavy atom. The van der Waals surface area contributed by atoms with Crippen molar-refractivity contribution in [2.45, 2.75) is 24.4 Å². The monoisotopic (exact) mass is 456 g/mol. The van der Waals surface area contributed by atoms with Crippen molar-refractivity contribution < 1.29 is 33.7 Å². The number of aliphatic carboxylic acids is 1. The maximum absolute atomic E-state index is 12.8. The van der Waals surface area contributed by atoms with Crippen LogP contribution < -0.4 is 10.6 Å². The van der Waals surface area contributed by atoms with E-state index in [0.29, 0.717) is 0 Å². The fraction of sp³-hybridized carbons (Fsp3) is 0.375. The zero-order chi connectivity index (χ0) is 24.0. The van der Waals surface area contributed by atoms with Gasteiger partial charge in [0, 0.05) is 20.1 Å². The van der Waals surface area contributed by atoms with Gasteiger partial charge in [-0.25, -0.2) is 9.59 Å². The third-order valence-corrected chi connectivity index (χ3v) is 5.59. The summed E-state index contributed by atoms with van der Waals surface area (Å²) in [6.45, 7) is 1.09. The first-order valence-corrected chi connectivity index (χ1v) is 10.5. The molecule has 1 unspecified atom stereocenters. The largest absolute Gasteiger partial charge is 0.480 e. The number of benzene rings is 2. The van der Waals surface area contributed by atoms with Crippen molar-refractivity contribution in [2.75, 3.05) is 34.0 Å². The topological polar surface area (TPSA) is 123 Å². The molecule has 0 fully saturated rings. The number of hydrogen-bond donors (Lipinski definition) is 3. The van der Waals surface area contributed by atoms with E-state index in [2.05, 4.69) is 10.6 Å². The molecule has 1 aliphatic rings. The van der Waals surface area contributed by atoms with Crippen LogP contribution in [0.3, 0.4) is 0 Å². The SMILES string of the molecule is COC[C@H](NC(=O)C(C)(COC)NC(=O)OCC1c2ccccc2-c2ccccc21)C(=O)O. The van der Waals surface area contributed by atoms with Crippen LogP contribution in [0.4, 0.5) is 4.79 Å². The predicted molar refractivity (Wildman–Crippen MR) is 120 cm³/mol. The van der Waals surface area contributed by atoms with Crippen LogP contribution in [-0.2, 0) is 23.8 Å². The fourth-order valence-corrected chi connectivity index (χ4v) is 3.97. The highest BCUT2D eigenvalue weighted by molar-refractivity contribution is 5.92. The summed E-state index contributed by atoms with van der Waals surface area (Å²) >= 11 is 0. The summed E-state index contributed by atoms with van der Waals surface area (Å²) in [6.07, 6.45) is -0.815. The predicted octanol–water partition coefficient (Wildman–Crippen LogP) is 2.15. The van der Waals surface area contributed by atoms with Crippen LogP contribution in [0.1, 0.15) is 24.0 Å². The lowest BCUT2D eigenvalue weighted by molar-refractivity contribution is -0.144. The molecule has 176 valence electrons. The zero-order valence-electron chi connectivity index (χ0n) is 18.8. The Morgan fingerprint density at radius 1 is 1.00 bits per heavy atom. The number of ether oxygens (including phenoxy) is 3. The van der Waals surface area contributed by atoms with Gasteiger partial charge < -0.3 is 30.0 Å². The first-order valence-electron chi connectivity index (χ1n) is 10.5. The number of carbonyl (C=O) groups excluding carboxylic acids is 2. The van der Waals surface area contributed by atoms with Crippen molar-refractivity contribution in [2.24, 2.45) is 0 Å². The van der Waals surface area contributed by atoms with Crippen molar-refractivity contribution in [1.29, 1.82) is 0 Å². The van der Waals surface area contributed by atoms with Crippen LogP contribution in [0.5, 0.6) is 0 Å². The second-order valence-electron chi connectivity index (χ2n) is 8.04. The third kappa shape index (κ3) is 5.32. The van der Waals surface area contributed by atoms with E-state index in [9.17, 15) is 19.5 Å². The highest BCUT2D eigenvalue weighted by atomic mass is 16.5. The molecule has 9 heteroatoms. The summed E-state index contributed by atoms with van der Waals surface area (Å²) in [7, 11) is 2.69. The Bertz CT molecular complexity index is 980. The molecule has 0 aromatic heterocycles. The van der Waals surface area contributed by atoms with Crippen LogP contribution in [0.2, 0.25) is 0 Å². The van der Waals surface area contributed by atoms with Crippen LogP contribution in [0, 0.1) is 0 Å². The molecule has 0 heterocycles. The van der Waals surface area contributed by atoms with E-state index in [4.69, 9.17) is 14.2 Å². The standard InChI is InChI=1S/C24H28N2O7/c1-24(14-32-3,22(29)25-20(13-31-2)21(27)28)26-23(30)33-12-19-17-10-6-4-8-15(17)16-9-5-7-11-18(16)19/h4-11,19-20H,12-14H2,1-3H3,(H,25,29)(H,26,30)(H,27,28)/t20-,24?/m0/s1. The van der Waals surface area contributed by atoms with Crippen LogP contribution >= 0.6 is 0 Å². The Kier molecular flexibility index (Phi) is 7.67. The van der Waals surface area contributed by atoms with E-state index < -0.39 is 29.6 Å². The molecule has 2 aromatic rings. The Balaban J connectivity index is 1.69. The molecule has 0 aliphatic heterocycles. The summed E-state index contributed by atoms with van der Waals surface area (Å²) in [5.41, 5.74) is 2.77. The number of carboxylic acid groups (broad SMARTS) is 1. The molecule has 1 aliphatic carbocycles. The van der Waals surface area contributed by atoms with E-state index in [1.807, 2.05) is 48.5 Å². The molecule has 0 saturated heterocycles. The van der Waals surface area contributed by atoms with Crippen molar-refractivity contribution in [1.82, 2.24) is 10.6 Å². The summed E-state index contributed by atoms with van der Waals surface area (Å²) in [4.78, 5) is 36.8. The van der Waals surface area contributed by atoms with Crippen LogP contribution in [0.15, 0.2) is 48.5 Å². The molecule has 0 bridgehead atoms. The van der Waals surface area contributed by atoms with E-state index in [1.165, 1.54) is 21.1 Å². The van der Waals surface area contributed by atoms with Gasteiger partial charge in [-0.15, -0.1) is 0 Å². The molecule has 2 amide bonds. The molecule has 9 nitrogen and oxygen atoms in total. The molecule has 0 spiro atoms.